The Labute approximate surface area is 113 Å². The molecule has 0 amide bonds. The highest BCUT2D eigenvalue weighted by Gasteiger charge is 2.42. The normalized spacial score (nSPS) is 16.8. The van der Waals surface area contributed by atoms with E-state index in [1.165, 1.54) is 6.07 Å². The number of hydrogen-bond acceptors (Lipinski definition) is 3. The van der Waals surface area contributed by atoms with Crippen molar-refractivity contribution in [2.75, 3.05) is 18.5 Å². The van der Waals surface area contributed by atoms with Crippen LogP contribution in [0, 0.1) is 5.41 Å². The summed E-state index contributed by atoms with van der Waals surface area (Å²) in [5.74, 6) is -1.61. The van der Waals surface area contributed by atoms with Crippen LogP contribution in [0.2, 0.25) is 0 Å². The molecule has 7 heteroatoms. The van der Waals surface area contributed by atoms with Crippen LogP contribution < -0.4 is 5.32 Å². The Kier molecular flexibility index (Phi) is 3.64. The van der Waals surface area contributed by atoms with Gasteiger partial charge in [0.05, 0.1) is 17.7 Å². The molecular formula is C13H14F3NO3. The molecule has 20 heavy (non-hydrogen) atoms. The average Bonchev–Trinajstić information content (AvgIpc) is 3.15. The molecule has 1 fully saturated rings. The highest BCUT2D eigenvalue weighted by molar-refractivity contribution is 5.90. The lowest BCUT2D eigenvalue weighted by Crippen LogP contribution is -2.20. The lowest BCUT2D eigenvalue weighted by Gasteiger charge is -2.16. The molecule has 1 aliphatic carbocycles. The molecule has 0 unspecified atom stereocenters. The van der Waals surface area contributed by atoms with Gasteiger partial charge in [0, 0.05) is 17.6 Å². The SMILES string of the molecule is O=C(O)c1ccc(NCC2(CO)CC2)cc1C(F)(F)F. The number of aliphatic hydroxyl groups excluding tert-OH is 1. The summed E-state index contributed by atoms with van der Waals surface area (Å²) >= 11 is 0. The number of anilines is 1. The molecule has 0 radical (unpaired) electrons. The first kappa shape index (κ1) is 14.6. The van der Waals surface area contributed by atoms with Gasteiger partial charge in [-0.25, -0.2) is 4.79 Å². The van der Waals surface area contributed by atoms with Gasteiger partial charge in [-0.15, -0.1) is 0 Å². The van der Waals surface area contributed by atoms with Crippen molar-refractivity contribution in [3.63, 3.8) is 0 Å². The fraction of sp³-hybridized carbons (Fsp3) is 0.462. The molecule has 0 aliphatic heterocycles. The minimum absolute atomic E-state index is 0.0145. The van der Waals surface area contributed by atoms with E-state index in [4.69, 9.17) is 10.2 Å². The molecule has 2 rings (SSSR count). The van der Waals surface area contributed by atoms with Crippen molar-refractivity contribution in [1.29, 1.82) is 0 Å². The summed E-state index contributed by atoms with van der Waals surface area (Å²) in [7, 11) is 0. The van der Waals surface area contributed by atoms with Crippen LogP contribution in [0.5, 0.6) is 0 Å². The van der Waals surface area contributed by atoms with E-state index >= 15 is 0 Å². The molecule has 1 aromatic carbocycles. The maximum absolute atomic E-state index is 12.8. The first-order chi connectivity index (χ1) is 9.27. The molecule has 0 bridgehead atoms. The smallest absolute Gasteiger partial charge is 0.417 e. The van der Waals surface area contributed by atoms with Crippen molar-refractivity contribution < 1.29 is 28.2 Å². The van der Waals surface area contributed by atoms with Crippen molar-refractivity contribution in [3.05, 3.63) is 29.3 Å². The Balaban J connectivity index is 2.21. The second-order valence-corrected chi connectivity index (χ2v) is 5.07. The van der Waals surface area contributed by atoms with Gasteiger partial charge in [-0.1, -0.05) is 0 Å². The van der Waals surface area contributed by atoms with Crippen LogP contribution in [0.4, 0.5) is 18.9 Å². The number of aromatic carboxylic acids is 1. The number of carbonyl (C=O) groups is 1. The summed E-state index contributed by atoms with van der Waals surface area (Å²) < 4.78 is 38.4. The number of nitrogens with one attached hydrogen (secondary N) is 1. The number of halogens is 3. The van der Waals surface area contributed by atoms with E-state index in [9.17, 15) is 18.0 Å². The summed E-state index contributed by atoms with van der Waals surface area (Å²) in [5, 5.41) is 20.7. The largest absolute Gasteiger partial charge is 0.478 e. The Morgan fingerprint density at radius 3 is 2.45 bits per heavy atom. The summed E-state index contributed by atoms with van der Waals surface area (Å²) in [4.78, 5) is 10.8. The molecule has 3 N–H and O–H groups in total. The molecule has 0 saturated heterocycles. The zero-order chi connectivity index (χ0) is 15.0. The van der Waals surface area contributed by atoms with Crippen molar-refractivity contribution in [3.8, 4) is 0 Å². The lowest BCUT2D eigenvalue weighted by atomic mass is 10.1. The summed E-state index contributed by atoms with van der Waals surface area (Å²) in [6, 6.07) is 3.02. The fourth-order valence-electron chi connectivity index (χ4n) is 1.93. The summed E-state index contributed by atoms with van der Waals surface area (Å²) in [6.07, 6.45) is -3.06. The number of carboxylic acids is 1. The highest BCUT2D eigenvalue weighted by Crippen LogP contribution is 2.45. The Bertz CT molecular complexity index is 524. The van der Waals surface area contributed by atoms with E-state index in [2.05, 4.69) is 5.32 Å². The Morgan fingerprint density at radius 2 is 2.00 bits per heavy atom. The minimum atomic E-state index is -4.72. The topological polar surface area (TPSA) is 69.6 Å². The predicted molar refractivity (Wildman–Crippen MR) is 65.6 cm³/mol. The molecule has 1 aliphatic rings. The number of rotatable bonds is 5. The second-order valence-electron chi connectivity index (χ2n) is 5.07. The zero-order valence-corrected chi connectivity index (χ0v) is 10.5. The monoisotopic (exact) mass is 289 g/mol. The molecule has 1 saturated carbocycles. The van der Waals surface area contributed by atoms with Gasteiger partial charge >= 0.3 is 12.1 Å². The molecule has 0 heterocycles. The third-order valence-corrected chi connectivity index (χ3v) is 3.52. The van der Waals surface area contributed by atoms with E-state index in [1.54, 1.807) is 0 Å². The summed E-state index contributed by atoms with van der Waals surface area (Å²) in [5.41, 5.74) is -2.00. The molecule has 4 nitrogen and oxygen atoms in total. The van der Waals surface area contributed by atoms with Gasteiger partial charge in [-0.05, 0) is 31.0 Å². The third-order valence-electron chi connectivity index (χ3n) is 3.52. The van der Waals surface area contributed by atoms with Crippen LogP contribution in [-0.4, -0.2) is 29.3 Å². The first-order valence-corrected chi connectivity index (χ1v) is 6.07. The van der Waals surface area contributed by atoms with Gasteiger partial charge in [0.25, 0.3) is 0 Å². The van der Waals surface area contributed by atoms with Crippen LogP contribution >= 0.6 is 0 Å². The fourth-order valence-corrected chi connectivity index (χ4v) is 1.93. The maximum Gasteiger partial charge on any atom is 0.417 e. The van der Waals surface area contributed by atoms with E-state index < -0.39 is 23.3 Å². The van der Waals surface area contributed by atoms with Crippen LogP contribution in [-0.2, 0) is 6.18 Å². The van der Waals surface area contributed by atoms with E-state index in [0.717, 1.165) is 25.0 Å². The van der Waals surface area contributed by atoms with E-state index in [-0.39, 0.29) is 17.7 Å². The number of carboxylic acid groups (broad SMARTS) is 1. The van der Waals surface area contributed by atoms with Gasteiger partial charge < -0.3 is 15.5 Å². The van der Waals surface area contributed by atoms with Gasteiger partial charge in [0.15, 0.2) is 0 Å². The highest BCUT2D eigenvalue weighted by atomic mass is 19.4. The number of alkyl halides is 3. The number of aliphatic hydroxyl groups is 1. The number of hydrogen-bond donors (Lipinski definition) is 3. The molecule has 110 valence electrons. The van der Waals surface area contributed by atoms with Gasteiger partial charge in [-0.3, -0.25) is 0 Å². The molecule has 0 spiro atoms. The van der Waals surface area contributed by atoms with Crippen LogP contribution in [0.3, 0.4) is 0 Å². The van der Waals surface area contributed by atoms with Crippen LogP contribution in [0.15, 0.2) is 18.2 Å². The minimum Gasteiger partial charge on any atom is -0.478 e. The second kappa shape index (κ2) is 4.97. The maximum atomic E-state index is 12.8. The molecule has 0 atom stereocenters. The Morgan fingerprint density at radius 1 is 1.35 bits per heavy atom. The van der Waals surface area contributed by atoms with Crippen molar-refractivity contribution in [1.82, 2.24) is 0 Å². The third kappa shape index (κ3) is 3.04. The predicted octanol–water partition coefficient (Wildman–Crippen LogP) is 2.59. The molecular weight excluding hydrogens is 275 g/mol. The summed E-state index contributed by atoms with van der Waals surface area (Å²) in [6.45, 7) is 0.354. The van der Waals surface area contributed by atoms with E-state index in [0.29, 0.717) is 6.54 Å². The van der Waals surface area contributed by atoms with Crippen LogP contribution in [0.1, 0.15) is 28.8 Å². The van der Waals surface area contributed by atoms with Crippen molar-refractivity contribution >= 4 is 11.7 Å². The lowest BCUT2D eigenvalue weighted by molar-refractivity contribution is -0.138. The van der Waals surface area contributed by atoms with Crippen LogP contribution in [0.25, 0.3) is 0 Å². The molecule has 0 aromatic heterocycles. The van der Waals surface area contributed by atoms with Crippen molar-refractivity contribution in [2.24, 2.45) is 5.41 Å². The average molecular weight is 289 g/mol. The molecule has 1 aromatic rings. The first-order valence-electron chi connectivity index (χ1n) is 6.07. The van der Waals surface area contributed by atoms with Crippen molar-refractivity contribution in [2.45, 2.75) is 19.0 Å². The van der Waals surface area contributed by atoms with E-state index in [1.807, 2.05) is 0 Å². The van der Waals surface area contributed by atoms with Gasteiger partial charge in [0.2, 0.25) is 0 Å². The van der Waals surface area contributed by atoms with Gasteiger partial charge in [-0.2, -0.15) is 13.2 Å². The number of benzene rings is 1. The zero-order valence-electron chi connectivity index (χ0n) is 10.5. The Hall–Kier alpha value is -1.76. The van der Waals surface area contributed by atoms with Gasteiger partial charge in [0.1, 0.15) is 0 Å². The quantitative estimate of drug-likeness (QED) is 0.779. The standard InChI is InChI=1S/C13H14F3NO3/c14-13(15,16)10-5-8(1-2-9(10)11(19)20)17-6-12(7-18)3-4-12/h1-2,5,17-18H,3-4,6-7H2,(H,19,20).